The fraction of sp³-hybridized carbons (Fsp3) is 0.864. The van der Waals surface area contributed by atoms with Gasteiger partial charge in [0.15, 0.2) is 0 Å². The minimum atomic E-state index is -3.94. The number of carbonyl (C=O) groups is 1. The number of likely N-dealkylation sites (N-methyl/N-ethyl adjacent to an activating group) is 1. The van der Waals surface area contributed by atoms with E-state index < -0.39 is 16.1 Å². The Labute approximate surface area is 179 Å². The number of hydrogen-bond donors (Lipinski definition) is 1. The van der Waals surface area contributed by atoms with Crippen molar-refractivity contribution in [3.05, 3.63) is 12.2 Å². The molecular formula is C22H44NO5S+. The van der Waals surface area contributed by atoms with Crippen molar-refractivity contribution in [2.45, 2.75) is 84.5 Å². The number of rotatable bonds is 19. The highest BCUT2D eigenvalue weighted by atomic mass is 32.2. The summed E-state index contributed by atoms with van der Waals surface area (Å²) in [6.45, 7) is 9.88. The van der Waals surface area contributed by atoms with Crippen molar-refractivity contribution in [2.24, 2.45) is 0 Å². The molecule has 172 valence electrons. The summed E-state index contributed by atoms with van der Waals surface area (Å²) in [4.78, 5) is 11.6. The van der Waals surface area contributed by atoms with E-state index in [0.29, 0.717) is 29.6 Å². The van der Waals surface area contributed by atoms with Crippen molar-refractivity contribution in [3.63, 3.8) is 0 Å². The van der Waals surface area contributed by atoms with Crippen molar-refractivity contribution in [3.8, 4) is 0 Å². The fourth-order valence-electron chi connectivity index (χ4n) is 3.43. The molecule has 0 saturated carbocycles. The lowest BCUT2D eigenvalue weighted by Gasteiger charge is -2.34. The molecule has 7 heteroatoms. The first-order valence-electron chi connectivity index (χ1n) is 11.2. The van der Waals surface area contributed by atoms with Gasteiger partial charge in [0, 0.05) is 12.0 Å². The molecule has 6 nitrogen and oxygen atoms in total. The Morgan fingerprint density at radius 3 is 1.86 bits per heavy atom. The van der Waals surface area contributed by atoms with Crippen LogP contribution in [0.2, 0.25) is 0 Å². The lowest BCUT2D eigenvalue weighted by atomic mass is 10.1. The standard InChI is InChI=1S/C22H43NO5S/c1-5-6-7-8-9-10-11-12-13-14-16-23(4,17-15-20-29(25,26)27)18-19-28-22(24)21(2)3/h2,5-20H2,1,3-4H3/p+1. The van der Waals surface area contributed by atoms with Crippen LogP contribution in [-0.4, -0.2) is 62.5 Å². The summed E-state index contributed by atoms with van der Waals surface area (Å²) in [6.07, 6.45) is 13.1. The average molecular weight is 435 g/mol. The van der Waals surface area contributed by atoms with E-state index in [9.17, 15) is 13.2 Å². The second-order valence-electron chi connectivity index (χ2n) is 8.53. The number of ether oxygens (including phenoxy) is 1. The smallest absolute Gasteiger partial charge is 0.333 e. The van der Waals surface area contributed by atoms with Crippen molar-refractivity contribution < 1.29 is 27.0 Å². The summed E-state index contributed by atoms with van der Waals surface area (Å²) < 4.78 is 36.9. The molecule has 0 fully saturated rings. The van der Waals surface area contributed by atoms with Gasteiger partial charge < -0.3 is 9.22 Å². The van der Waals surface area contributed by atoms with Gasteiger partial charge in [0.2, 0.25) is 0 Å². The molecule has 0 aliphatic heterocycles. The van der Waals surface area contributed by atoms with E-state index in [-0.39, 0.29) is 12.4 Å². The second kappa shape index (κ2) is 15.9. The third kappa shape index (κ3) is 17.6. The zero-order valence-electron chi connectivity index (χ0n) is 19.0. The highest BCUT2D eigenvalue weighted by Gasteiger charge is 2.22. The summed E-state index contributed by atoms with van der Waals surface area (Å²) in [5, 5.41) is 0. The number of unbranched alkanes of at least 4 members (excludes halogenated alkanes) is 9. The summed E-state index contributed by atoms with van der Waals surface area (Å²) in [5.41, 5.74) is 0.375. The van der Waals surface area contributed by atoms with Crippen LogP contribution in [-0.2, 0) is 19.6 Å². The van der Waals surface area contributed by atoms with Gasteiger partial charge >= 0.3 is 5.97 Å². The Morgan fingerprint density at radius 1 is 0.897 bits per heavy atom. The first-order chi connectivity index (χ1) is 13.6. The van der Waals surface area contributed by atoms with Gasteiger partial charge in [-0.1, -0.05) is 64.9 Å². The topological polar surface area (TPSA) is 80.7 Å². The molecule has 0 amide bonds. The molecule has 29 heavy (non-hydrogen) atoms. The third-order valence-corrected chi connectivity index (χ3v) is 6.17. The zero-order chi connectivity index (χ0) is 22.2. The van der Waals surface area contributed by atoms with Crippen LogP contribution >= 0.6 is 0 Å². The Morgan fingerprint density at radius 2 is 1.38 bits per heavy atom. The van der Waals surface area contributed by atoms with Crippen LogP contribution in [0.25, 0.3) is 0 Å². The molecule has 0 spiro atoms. The van der Waals surface area contributed by atoms with Gasteiger partial charge in [-0.2, -0.15) is 8.42 Å². The highest BCUT2D eigenvalue weighted by Crippen LogP contribution is 2.13. The van der Waals surface area contributed by atoms with Gasteiger partial charge in [-0.15, -0.1) is 0 Å². The predicted molar refractivity (Wildman–Crippen MR) is 119 cm³/mol. The molecule has 0 saturated heterocycles. The largest absolute Gasteiger partial charge is 0.456 e. The molecular weight excluding hydrogens is 390 g/mol. The fourth-order valence-corrected chi connectivity index (χ4v) is 3.92. The summed E-state index contributed by atoms with van der Waals surface area (Å²) in [5.74, 6) is -0.627. The van der Waals surface area contributed by atoms with E-state index in [2.05, 4.69) is 20.6 Å². The van der Waals surface area contributed by atoms with Crippen LogP contribution in [0.5, 0.6) is 0 Å². The number of quaternary nitrogens is 1. The second-order valence-corrected chi connectivity index (χ2v) is 10.1. The minimum Gasteiger partial charge on any atom is -0.456 e. The number of nitrogens with zero attached hydrogens (tertiary/aromatic N) is 1. The maximum Gasteiger partial charge on any atom is 0.333 e. The molecule has 0 aromatic heterocycles. The van der Waals surface area contributed by atoms with Crippen LogP contribution in [0.4, 0.5) is 0 Å². The lowest BCUT2D eigenvalue weighted by molar-refractivity contribution is -0.909. The molecule has 1 atom stereocenters. The third-order valence-electron chi connectivity index (χ3n) is 5.36. The van der Waals surface area contributed by atoms with Crippen LogP contribution in [0.3, 0.4) is 0 Å². The monoisotopic (exact) mass is 434 g/mol. The van der Waals surface area contributed by atoms with E-state index in [0.717, 1.165) is 19.4 Å². The number of esters is 1. The van der Waals surface area contributed by atoms with Gasteiger partial charge in [0.25, 0.3) is 10.1 Å². The Hall–Kier alpha value is -0.920. The van der Waals surface area contributed by atoms with Gasteiger partial charge in [-0.05, 0) is 19.8 Å². The van der Waals surface area contributed by atoms with Crippen LogP contribution < -0.4 is 0 Å². The summed E-state index contributed by atoms with van der Waals surface area (Å²) in [7, 11) is -1.88. The average Bonchev–Trinajstić information content (AvgIpc) is 2.62. The summed E-state index contributed by atoms with van der Waals surface area (Å²) >= 11 is 0. The highest BCUT2D eigenvalue weighted by molar-refractivity contribution is 7.85. The maximum absolute atomic E-state index is 11.6. The molecule has 0 rings (SSSR count). The molecule has 0 radical (unpaired) electrons. The SMILES string of the molecule is C=C(C)C(=O)OCC[N+](C)(CCCCCCCCCCCC)CCCS(=O)(=O)O. The quantitative estimate of drug-likeness (QED) is 0.104. The Balaban J connectivity index is 4.22. The van der Waals surface area contributed by atoms with Gasteiger partial charge in [0.05, 0.1) is 25.9 Å². The van der Waals surface area contributed by atoms with Crippen LogP contribution in [0.1, 0.15) is 84.5 Å². The van der Waals surface area contributed by atoms with Crippen molar-refractivity contribution >= 4 is 16.1 Å². The number of hydrogen-bond acceptors (Lipinski definition) is 4. The van der Waals surface area contributed by atoms with E-state index >= 15 is 0 Å². The Kier molecular flexibility index (Phi) is 15.4. The summed E-state index contributed by atoms with van der Waals surface area (Å²) in [6, 6.07) is 0. The molecule has 0 aromatic rings. The van der Waals surface area contributed by atoms with Crippen LogP contribution in [0, 0.1) is 0 Å². The molecule has 0 heterocycles. The molecule has 1 N–H and O–H groups in total. The van der Waals surface area contributed by atoms with Crippen LogP contribution in [0.15, 0.2) is 12.2 Å². The van der Waals surface area contributed by atoms with Gasteiger partial charge in [-0.25, -0.2) is 4.79 Å². The first kappa shape index (κ1) is 28.1. The van der Waals surface area contributed by atoms with E-state index in [1.54, 1.807) is 6.92 Å². The molecule has 0 bridgehead atoms. The first-order valence-corrected chi connectivity index (χ1v) is 12.8. The minimum absolute atomic E-state index is 0.232. The molecule has 1 unspecified atom stereocenters. The zero-order valence-corrected chi connectivity index (χ0v) is 19.8. The lowest BCUT2D eigenvalue weighted by Crippen LogP contribution is -2.48. The molecule has 0 aliphatic rings. The van der Waals surface area contributed by atoms with Crippen molar-refractivity contribution in [2.75, 3.05) is 39.0 Å². The van der Waals surface area contributed by atoms with E-state index in [1.165, 1.54) is 51.4 Å². The van der Waals surface area contributed by atoms with Gasteiger partial charge in [0.1, 0.15) is 13.2 Å². The number of carbonyl (C=O) groups excluding carboxylic acids is 1. The van der Waals surface area contributed by atoms with Gasteiger partial charge in [-0.3, -0.25) is 4.55 Å². The molecule has 0 aromatic carbocycles. The normalized spacial score (nSPS) is 13.8. The van der Waals surface area contributed by atoms with Crippen molar-refractivity contribution in [1.29, 1.82) is 0 Å². The Bertz CT molecular complexity index is 562. The maximum atomic E-state index is 11.6. The molecule has 0 aliphatic carbocycles. The van der Waals surface area contributed by atoms with Crippen molar-refractivity contribution in [1.82, 2.24) is 0 Å². The predicted octanol–water partition coefficient (Wildman–Crippen LogP) is 4.75. The van der Waals surface area contributed by atoms with E-state index in [4.69, 9.17) is 9.29 Å². The van der Waals surface area contributed by atoms with E-state index in [1.807, 2.05) is 0 Å².